The molecule has 174 valence electrons. The van der Waals surface area contributed by atoms with Gasteiger partial charge in [-0.15, -0.1) is 4.68 Å². The summed E-state index contributed by atoms with van der Waals surface area (Å²) in [6, 6.07) is 15.9. The van der Waals surface area contributed by atoms with Gasteiger partial charge >= 0.3 is 5.69 Å². The molecular weight excluding hydrogens is 590 g/mol. The Morgan fingerprint density at radius 2 is 1.79 bits per heavy atom. The molecule has 0 bridgehead atoms. The molecule has 0 unspecified atom stereocenters. The van der Waals surface area contributed by atoms with Crippen LogP contribution in [0.2, 0.25) is 5.02 Å². The number of hydrogen-bond donors (Lipinski definition) is 1. The number of benzene rings is 3. The Kier molecular flexibility index (Phi) is 7.55. The van der Waals surface area contributed by atoms with Crippen molar-refractivity contribution in [3.8, 4) is 11.5 Å². The Morgan fingerprint density at radius 1 is 1.06 bits per heavy atom. The molecule has 3 aromatic carbocycles. The fourth-order valence-corrected chi connectivity index (χ4v) is 4.37. The van der Waals surface area contributed by atoms with Gasteiger partial charge in [-0.3, -0.25) is 4.79 Å². The number of fused-ring (bicyclic) bond motifs is 1. The van der Waals surface area contributed by atoms with Crippen molar-refractivity contribution in [2.75, 3.05) is 6.61 Å². The van der Waals surface area contributed by atoms with Crippen LogP contribution in [-0.4, -0.2) is 22.5 Å². The first kappa shape index (κ1) is 24.3. The summed E-state index contributed by atoms with van der Waals surface area (Å²) < 4.78 is 13.8. The van der Waals surface area contributed by atoms with Gasteiger partial charge in [0.2, 0.25) is 0 Å². The molecule has 34 heavy (non-hydrogen) atoms. The number of aromatic nitrogens is 2. The summed E-state index contributed by atoms with van der Waals surface area (Å²) in [4.78, 5) is 27.8. The van der Waals surface area contributed by atoms with E-state index in [1.165, 1.54) is 6.21 Å². The molecule has 0 saturated carbocycles. The lowest BCUT2D eigenvalue weighted by Crippen LogP contribution is -2.32. The van der Waals surface area contributed by atoms with Gasteiger partial charge in [0, 0.05) is 20.6 Å². The van der Waals surface area contributed by atoms with Crippen LogP contribution in [0, 0.1) is 0 Å². The molecule has 0 aliphatic rings. The summed E-state index contributed by atoms with van der Waals surface area (Å²) in [6.45, 7) is 2.49. The van der Waals surface area contributed by atoms with Gasteiger partial charge in [-0.05, 0) is 63.0 Å². The predicted octanol–water partition coefficient (Wildman–Crippen LogP) is 5.73. The zero-order valence-corrected chi connectivity index (χ0v) is 21.8. The van der Waals surface area contributed by atoms with Crippen molar-refractivity contribution in [3.05, 3.63) is 101 Å². The van der Waals surface area contributed by atoms with Gasteiger partial charge in [0.15, 0.2) is 11.5 Å². The number of aromatic amines is 1. The molecule has 0 radical (unpaired) electrons. The maximum atomic E-state index is 12.7. The highest BCUT2D eigenvalue weighted by molar-refractivity contribution is 9.13. The number of nitrogens with zero attached hydrogens (tertiary/aromatic N) is 2. The third-order valence-corrected chi connectivity index (χ3v) is 7.39. The molecule has 1 N–H and O–H groups in total. The zero-order valence-electron chi connectivity index (χ0n) is 17.8. The Labute approximate surface area is 216 Å². The van der Waals surface area contributed by atoms with Crippen molar-refractivity contribution < 1.29 is 9.47 Å². The maximum absolute atomic E-state index is 12.7. The Hall–Kier alpha value is -2.88. The van der Waals surface area contributed by atoms with Crippen LogP contribution >= 0.6 is 43.5 Å². The first-order valence-corrected chi connectivity index (χ1v) is 12.2. The molecule has 0 amide bonds. The van der Waals surface area contributed by atoms with Crippen molar-refractivity contribution in [2.24, 2.45) is 5.10 Å². The van der Waals surface area contributed by atoms with E-state index in [1.807, 2.05) is 25.1 Å². The third kappa shape index (κ3) is 4.96. The summed E-state index contributed by atoms with van der Waals surface area (Å²) in [7, 11) is 0. The third-order valence-electron chi connectivity index (χ3n) is 4.88. The normalized spacial score (nSPS) is 11.3. The van der Waals surface area contributed by atoms with E-state index in [9.17, 15) is 9.59 Å². The van der Waals surface area contributed by atoms with Gasteiger partial charge in [0.05, 0.1) is 28.2 Å². The van der Waals surface area contributed by atoms with E-state index >= 15 is 0 Å². The Morgan fingerprint density at radius 3 is 2.56 bits per heavy atom. The average Bonchev–Trinajstić information content (AvgIpc) is 2.83. The van der Waals surface area contributed by atoms with Crippen LogP contribution in [0.3, 0.4) is 0 Å². The average molecular weight is 608 g/mol. The smallest absolute Gasteiger partial charge is 0.349 e. The SMILES string of the molecule is CCOc1cc(C=Nn2c(=O)[nH]c3ccccc3c2=O)c(Br)c(Br)c1OCc1ccccc1Cl. The number of para-hydroxylation sites is 1. The Bertz CT molecular complexity index is 1510. The minimum Gasteiger partial charge on any atom is -0.490 e. The standard InChI is InChI=1S/C24H18Br2ClN3O4/c1-2-33-19-11-15(12-28-30-23(31)16-8-4-6-10-18(16)29-24(30)32)20(25)21(26)22(19)34-13-14-7-3-5-9-17(14)27/h3-12H,2,13H2,1H3,(H,29,32). The van der Waals surface area contributed by atoms with Crippen LogP contribution < -0.4 is 20.7 Å². The highest BCUT2D eigenvalue weighted by Gasteiger charge is 2.18. The van der Waals surface area contributed by atoms with Gasteiger partial charge in [0.1, 0.15) is 6.61 Å². The van der Waals surface area contributed by atoms with Gasteiger partial charge < -0.3 is 14.5 Å². The Balaban J connectivity index is 1.72. The minimum atomic E-state index is -0.639. The number of H-pyrrole nitrogens is 1. The van der Waals surface area contributed by atoms with E-state index in [-0.39, 0.29) is 6.61 Å². The first-order chi connectivity index (χ1) is 16.4. The van der Waals surface area contributed by atoms with Crippen molar-refractivity contribution in [1.29, 1.82) is 0 Å². The molecule has 4 aromatic rings. The number of hydrogen-bond acceptors (Lipinski definition) is 5. The van der Waals surface area contributed by atoms with Crippen molar-refractivity contribution in [1.82, 2.24) is 9.66 Å². The molecule has 7 nitrogen and oxygen atoms in total. The van der Waals surface area contributed by atoms with Gasteiger partial charge in [0.25, 0.3) is 5.56 Å². The van der Waals surface area contributed by atoms with Crippen LogP contribution in [0.4, 0.5) is 0 Å². The van der Waals surface area contributed by atoms with Crippen molar-refractivity contribution in [2.45, 2.75) is 13.5 Å². The van der Waals surface area contributed by atoms with E-state index in [0.717, 1.165) is 10.2 Å². The second kappa shape index (κ2) is 10.6. The number of ether oxygens (including phenoxy) is 2. The monoisotopic (exact) mass is 605 g/mol. The summed E-state index contributed by atoms with van der Waals surface area (Å²) in [5.41, 5.74) is 0.692. The highest BCUT2D eigenvalue weighted by atomic mass is 79.9. The molecule has 0 fully saturated rings. The van der Waals surface area contributed by atoms with Gasteiger partial charge in [-0.25, -0.2) is 4.79 Å². The lowest BCUT2D eigenvalue weighted by molar-refractivity contribution is 0.267. The fraction of sp³-hybridized carbons (Fsp3) is 0.125. The van der Waals surface area contributed by atoms with Crippen LogP contribution in [-0.2, 0) is 6.61 Å². The predicted molar refractivity (Wildman–Crippen MR) is 141 cm³/mol. The van der Waals surface area contributed by atoms with E-state index in [0.29, 0.717) is 48.5 Å². The van der Waals surface area contributed by atoms with Crippen LogP contribution in [0.15, 0.2) is 78.2 Å². The number of rotatable bonds is 7. The van der Waals surface area contributed by atoms with Crippen LogP contribution in [0.5, 0.6) is 11.5 Å². The van der Waals surface area contributed by atoms with Gasteiger partial charge in [-0.2, -0.15) is 5.10 Å². The molecule has 0 spiro atoms. The fourth-order valence-electron chi connectivity index (χ4n) is 3.24. The molecule has 0 aliphatic carbocycles. The van der Waals surface area contributed by atoms with E-state index < -0.39 is 11.2 Å². The molecule has 1 heterocycles. The number of halogens is 3. The summed E-state index contributed by atoms with van der Waals surface area (Å²) >= 11 is 13.3. The molecule has 4 rings (SSSR count). The van der Waals surface area contributed by atoms with Crippen LogP contribution in [0.1, 0.15) is 18.1 Å². The summed E-state index contributed by atoms with van der Waals surface area (Å²) in [6.07, 6.45) is 1.40. The second-order valence-electron chi connectivity index (χ2n) is 7.07. The minimum absolute atomic E-state index is 0.236. The summed E-state index contributed by atoms with van der Waals surface area (Å²) in [5, 5.41) is 5.10. The van der Waals surface area contributed by atoms with Crippen molar-refractivity contribution >= 4 is 60.6 Å². The van der Waals surface area contributed by atoms with Crippen molar-refractivity contribution in [3.63, 3.8) is 0 Å². The van der Waals surface area contributed by atoms with Crippen LogP contribution in [0.25, 0.3) is 10.9 Å². The second-order valence-corrected chi connectivity index (χ2v) is 9.06. The topological polar surface area (TPSA) is 85.7 Å². The lowest BCUT2D eigenvalue weighted by Gasteiger charge is -2.16. The van der Waals surface area contributed by atoms with E-state index in [1.54, 1.807) is 36.4 Å². The largest absolute Gasteiger partial charge is 0.490 e. The lowest BCUT2D eigenvalue weighted by atomic mass is 10.2. The van der Waals surface area contributed by atoms with E-state index in [4.69, 9.17) is 21.1 Å². The molecule has 0 atom stereocenters. The molecule has 0 aliphatic heterocycles. The van der Waals surface area contributed by atoms with Gasteiger partial charge in [-0.1, -0.05) is 41.9 Å². The van der Waals surface area contributed by atoms with E-state index in [2.05, 4.69) is 41.9 Å². The molecule has 0 saturated heterocycles. The first-order valence-electron chi connectivity index (χ1n) is 10.2. The molecule has 1 aromatic heterocycles. The zero-order chi connectivity index (χ0) is 24.2. The quantitative estimate of drug-likeness (QED) is 0.272. The maximum Gasteiger partial charge on any atom is 0.349 e. The highest BCUT2D eigenvalue weighted by Crippen LogP contribution is 2.43. The summed E-state index contributed by atoms with van der Waals surface area (Å²) in [5.74, 6) is 0.942. The molecular formula is C24H18Br2ClN3O4. The molecule has 10 heteroatoms. The number of nitrogens with one attached hydrogen (secondary N) is 1.